The highest BCUT2D eigenvalue weighted by Crippen LogP contribution is 2.53. The van der Waals surface area contributed by atoms with Crippen LogP contribution in [-0.2, 0) is 14.0 Å². The quantitative estimate of drug-likeness (QED) is 0.404. The number of Topliss-reactive ketones (excluding diaryl/α,β-unsaturated/α-hetero) is 1. The average molecular weight is 431 g/mol. The summed E-state index contributed by atoms with van der Waals surface area (Å²) in [5.74, 6) is 0.0473. The normalized spacial score (nSPS) is 38.0. The maximum atomic E-state index is 12.6. The molecular formula is C19H31BrO4Si. The fraction of sp³-hybridized carbons (Fsp3) is 0.842. The van der Waals surface area contributed by atoms with Gasteiger partial charge in [-0.2, -0.15) is 0 Å². The van der Waals surface area contributed by atoms with E-state index in [1.165, 1.54) is 0 Å². The Morgan fingerprint density at radius 3 is 2.32 bits per heavy atom. The maximum absolute atomic E-state index is 12.6. The molecule has 142 valence electrons. The summed E-state index contributed by atoms with van der Waals surface area (Å²) in [6.07, 6.45) is 1.37. The standard InChI is InChI=1S/C19H31BrO4Si/c1-10(2)25(11(3)4,12(5)6)24-15-9-17(22)19(20)16(21)8-13-7-14(15)18(19)23-13/h7,10-13,15,17-18,22H,8-9H2,1-6H3/t13-,15-,17-,18+,19+/m0/s1. The van der Waals surface area contributed by atoms with Crippen LogP contribution in [0.4, 0.5) is 0 Å². The Hall–Kier alpha value is -0.0131. The molecule has 6 heteroatoms. The van der Waals surface area contributed by atoms with Crippen LogP contribution >= 0.6 is 15.9 Å². The molecule has 4 nitrogen and oxygen atoms in total. The molecule has 25 heavy (non-hydrogen) atoms. The predicted octanol–water partition coefficient (Wildman–Crippen LogP) is 4.11. The fourth-order valence-electron chi connectivity index (χ4n) is 5.45. The molecule has 2 heterocycles. The number of aliphatic hydroxyl groups excluding tert-OH is 1. The van der Waals surface area contributed by atoms with Crippen molar-refractivity contribution in [2.75, 3.05) is 0 Å². The summed E-state index contributed by atoms with van der Waals surface area (Å²) in [5.41, 5.74) is 2.49. The number of ether oxygens (including phenoxy) is 1. The van der Waals surface area contributed by atoms with Crippen LogP contribution in [0.15, 0.2) is 11.6 Å². The molecule has 1 saturated heterocycles. The molecule has 3 rings (SSSR count). The van der Waals surface area contributed by atoms with Crippen LogP contribution < -0.4 is 0 Å². The lowest BCUT2D eigenvalue weighted by Crippen LogP contribution is -2.63. The zero-order chi connectivity index (χ0) is 18.7. The van der Waals surface area contributed by atoms with Gasteiger partial charge in [-0.3, -0.25) is 4.79 Å². The number of fused-ring (bicyclic) bond motifs is 1. The van der Waals surface area contributed by atoms with Crippen molar-refractivity contribution >= 4 is 30.0 Å². The number of ketones is 1. The van der Waals surface area contributed by atoms with Gasteiger partial charge >= 0.3 is 0 Å². The monoisotopic (exact) mass is 430 g/mol. The van der Waals surface area contributed by atoms with E-state index in [9.17, 15) is 9.90 Å². The molecule has 0 amide bonds. The molecule has 2 bridgehead atoms. The molecule has 0 spiro atoms. The van der Waals surface area contributed by atoms with Gasteiger partial charge in [-0.05, 0) is 22.2 Å². The number of alkyl halides is 1. The minimum absolute atomic E-state index is 0.0473. The first kappa shape index (κ1) is 19.7. The number of rotatable bonds is 5. The lowest BCUT2D eigenvalue weighted by Gasteiger charge is -2.50. The Labute approximate surface area is 160 Å². The molecule has 2 fully saturated rings. The maximum Gasteiger partial charge on any atom is 0.201 e. The highest BCUT2D eigenvalue weighted by Gasteiger charge is 2.63. The third-order valence-electron chi connectivity index (χ3n) is 6.54. The van der Waals surface area contributed by atoms with Crippen molar-refractivity contribution in [3.8, 4) is 0 Å². The Morgan fingerprint density at radius 1 is 1.24 bits per heavy atom. The predicted molar refractivity (Wildman–Crippen MR) is 105 cm³/mol. The van der Waals surface area contributed by atoms with Gasteiger partial charge in [0.15, 0.2) is 5.78 Å². The molecule has 0 aromatic heterocycles. The van der Waals surface area contributed by atoms with Gasteiger partial charge in [-0.15, -0.1) is 0 Å². The number of hydrogen-bond donors (Lipinski definition) is 1. The van der Waals surface area contributed by atoms with Crippen LogP contribution in [0.1, 0.15) is 54.4 Å². The molecule has 0 unspecified atom stereocenters. The van der Waals surface area contributed by atoms with Crippen molar-refractivity contribution < 1.29 is 19.1 Å². The topological polar surface area (TPSA) is 55.8 Å². The molecule has 3 aliphatic rings. The number of halogens is 1. The summed E-state index contributed by atoms with van der Waals surface area (Å²) < 4.78 is 12.0. The van der Waals surface area contributed by atoms with Crippen LogP contribution in [-0.4, -0.2) is 47.9 Å². The summed E-state index contributed by atoms with van der Waals surface area (Å²) in [6.45, 7) is 13.6. The Kier molecular flexibility index (Phi) is 5.17. The van der Waals surface area contributed by atoms with Crippen LogP contribution in [0.25, 0.3) is 0 Å². The third-order valence-corrected chi connectivity index (χ3v) is 14.0. The molecule has 0 aromatic rings. The highest BCUT2D eigenvalue weighted by molar-refractivity contribution is 9.10. The lowest BCUT2D eigenvalue weighted by molar-refractivity contribution is -0.143. The first-order chi connectivity index (χ1) is 11.5. The molecule has 0 radical (unpaired) electrons. The van der Waals surface area contributed by atoms with E-state index < -0.39 is 24.8 Å². The number of hydrogen-bond acceptors (Lipinski definition) is 4. The van der Waals surface area contributed by atoms with Gasteiger partial charge in [0.05, 0.1) is 18.3 Å². The van der Waals surface area contributed by atoms with Crippen molar-refractivity contribution in [3.63, 3.8) is 0 Å². The van der Waals surface area contributed by atoms with E-state index in [0.717, 1.165) is 5.57 Å². The van der Waals surface area contributed by atoms with E-state index in [4.69, 9.17) is 9.16 Å². The Bertz CT molecular complexity index is 566. The van der Waals surface area contributed by atoms with Crippen LogP contribution in [0, 0.1) is 0 Å². The number of aliphatic hydroxyl groups is 1. The summed E-state index contributed by atoms with van der Waals surface area (Å²) in [7, 11) is -2.08. The summed E-state index contributed by atoms with van der Waals surface area (Å²) in [4.78, 5) is 12.6. The van der Waals surface area contributed by atoms with E-state index in [-0.39, 0.29) is 18.0 Å². The minimum Gasteiger partial charge on any atom is -0.409 e. The molecule has 1 aliphatic carbocycles. The minimum atomic E-state index is -2.08. The van der Waals surface area contributed by atoms with Gasteiger partial charge < -0.3 is 14.3 Å². The Morgan fingerprint density at radius 2 is 1.80 bits per heavy atom. The summed E-state index contributed by atoms with van der Waals surface area (Å²) >= 11 is 3.55. The van der Waals surface area contributed by atoms with Gasteiger partial charge in [0.2, 0.25) is 8.32 Å². The highest BCUT2D eigenvalue weighted by atomic mass is 79.9. The third kappa shape index (κ3) is 2.75. The van der Waals surface area contributed by atoms with E-state index in [2.05, 4.69) is 63.5 Å². The molecule has 2 aliphatic heterocycles. The average Bonchev–Trinajstić information content (AvgIpc) is 2.89. The van der Waals surface area contributed by atoms with Gasteiger partial charge in [0.25, 0.3) is 0 Å². The van der Waals surface area contributed by atoms with E-state index in [1.54, 1.807) is 0 Å². The SMILES string of the molecule is CC(C)[Si](O[C@H]1C[C@H](O)[C@]2(Br)C(=O)C[C@@H]3C=C1[C@H]2O3)(C(C)C)C(C)C. The Balaban J connectivity index is 1.97. The fourth-order valence-corrected chi connectivity index (χ4v) is 11.7. The lowest BCUT2D eigenvalue weighted by atomic mass is 9.77. The molecule has 5 atom stereocenters. The van der Waals surface area contributed by atoms with Gasteiger partial charge in [0, 0.05) is 12.8 Å². The van der Waals surface area contributed by atoms with Crippen molar-refractivity contribution in [1.82, 2.24) is 0 Å². The smallest absolute Gasteiger partial charge is 0.201 e. The van der Waals surface area contributed by atoms with Crippen molar-refractivity contribution in [3.05, 3.63) is 11.6 Å². The van der Waals surface area contributed by atoms with Crippen LogP contribution in [0.2, 0.25) is 16.6 Å². The second-order valence-electron chi connectivity index (χ2n) is 8.79. The van der Waals surface area contributed by atoms with E-state index in [1.807, 2.05) is 0 Å². The number of carbonyl (C=O) groups excluding carboxylic acids is 1. The van der Waals surface area contributed by atoms with Crippen LogP contribution in [0.3, 0.4) is 0 Å². The van der Waals surface area contributed by atoms with E-state index in [0.29, 0.717) is 29.5 Å². The van der Waals surface area contributed by atoms with Gasteiger partial charge in [-0.25, -0.2) is 0 Å². The van der Waals surface area contributed by atoms with Crippen LogP contribution in [0.5, 0.6) is 0 Å². The molecular weight excluding hydrogens is 400 g/mol. The molecule has 1 saturated carbocycles. The summed E-state index contributed by atoms with van der Waals surface area (Å²) in [5, 5.41) is 10.8. The molecule has 0 aromatic carbocycles. The zero-order valence-electron chi connectivity index (χ0n) is 16.1. The van der Waals surface area contributed by atoms with Crippen molar-refractivity contribution in [2.24, 2.45) is 0 Å². The van der Waals surface area contributed by atoms with Gasteiger partial charge in [0.1, 0.15) is 10.4 Å². The number of carbonyl (C=O) groups is 1. The largest absolute Gasteiger partial charge is 0.409 e. The van der Waals surface area contributed by atoms with E-state index >= 15 is 0 Å². The first-order valence-electron chi connectivity index (χ1n) is 9.50. The second-order valence-corrected chi connectivity index (χ2v) is 15.5. The summed E-state index contributed by atoms with van der Waals surface area (Å²) in [6, 6.07) is 0. The second kappa shape index (κ2) is 6.55. The van der Waals surface area contributed by atoms with Crippen molar-refractivity contribution in [2.45, 2.75) is 99.7 Å². The zero-order valence-corrected chi connectivity index (χ0v) is 18.7. The van der Waals surface area contributed by atoms with Gasteiger partial charge in [-0.1, -0.05) is 63.5 Å². The molecule has 1 N–H and O–H groups in total. The first-order valence-corrected chi connectivity index (χ1v) is 12.4. The van der Waals surface area contributed by atoms with Crippen molar-refractivity contribution in [1.29, 1.82) is 0 Å².